The van der Waals surface area contributed by atoms with Gasteiger partial charge in [-0.05, 0) is 25.1 Å². The van der Waals surface area contributed by atoms with Gasteiger partial charge >= 0.3 is 0 Å². The van der Waals surface area contributed by atoms with E-state index >= 15 is 0 Å². The number of anilines is 1. The van der Waals surface area contributed by atoms with Crippen LogP contribution in [0.1, 0.15) is 12.5 Å². The summed E-state index contributed by atoms with van der Waals surface area (Å²) in [5, 5.41) is 12.0. The Hall–Kier alpha value is -1.60. The molecule has 0 aromatic heterocycles. The second-order valence-corrected chi connectivity index (χ2v) is 4.08. The lowest BCUT2D eigenvalue weighted by Crippen LogP contribution is -2.49. The first-order valence-electron chi connectivity index (χ1n) is 5.38. The van der Waals surface area contributed by atoms with Crippen LogP contribution in [0.25, 0.3) is 0 Å². The first-order valence-corrected chi connectivity index (χ1v) is 5.38. The number of nitrogens with one attached hydrogen (secondary N) is 1. The van der Waals surface area contributed by atoms with Crippen molar-refractivity contribution in [1.29, 1.82) is 5.26 Å². The molecule has 0 radical (unpaired) electrons. The Morgan fingerprint density at radius 1 is 1.56 bits per heavy atom. The molecule has 1 fully saturated rings. The van der Waals surface area contributed by atoms with Gasteiger partial charge in [0.1, 0.15) is 5.82 Å². The van der Waals surface area contributed by atoms with Crippen molar-refractivity contribution in [2.24, 2.45) is 0 Å². The zero-order valence-corrected chi connectivity index (χ0v) is 9.20. The van der Waals surface area contributed by atoms with E-state index in [0.717, 1.165) is 19.6 Å². The molecule has 1 aromatic rings. The predicted molar refractivity (Wildman–Crippen MR) is 60.8 cm³/mol. The highest BCUT2D eigenvalue weighted by atomic mass is 19.1. The second-order valence-electron chi connectivity index (χ2n) is 4.08. The molecule has 1 heterocycles. The number of nitrogens with zero attached hydrogens (tertiary/aromatic N) is 2. The minimum atomic E-state index is -0.312. The third-order valence-corrected chi connectivity index (χ3v) is 2.79. The van der Waals surface area contributed by atoms with Crippen LogP contribution in [0.15, 0.2) is 18.2 Å². The molecule has 0 spiro atoms. The van der Waals surface area contributed by atoms with Gasteiger partial charge in [0.25, 0.3) is 0 Å². The van der Waals surface area contributed by atoms with Gasteiger partial charge in [-0.25, -0.2) is 4.39 Å². The molecule has 1 aliphatic rings. The maximum absolute atomic E-state index is 13.7. The van der Waals surface area contributed by atoms with Crippen molar-refractivity contribution >= 4 is 5.69 Å². The Kier molecular flexibility index (Phi) is 3.07. The number of benzene rings is 1. The van der Waals surface area contributed by atoms with Gasteiger partial charge in [-0.3, -0.25) is 0 Å². The third kappa shape index (κ3) is 2.15. The normalized spacial score (nSPS) is 20.6. The van der Waals surface area contributed by atoms with E-state index in [0.29, 0.717) is 17.3 Å². The van der Waals surface area contributed by atoms with Crippen molar-refractivity contribution in [2.75, 3.05) is 24.5 Å². The molecule has 3 nitrogen and oxygen atoms in total. The van der Waals surface area contributed by atoms with E-state index in [4.69, 9.17) is 5.26 Å². The molecule has 1 unspecified atom stereocenters. The molecule has 0 saturated carbocycles. The zero-order chi connectivity index (χ0) is 11.5. The lowest BCUT2D eigenvalue weighted by atomic mass is 10.1. The molecular weight excluding hydrogens is 205 g/mol. The lowest BCUT2D eigenvalue weighted by molar-refractivity contribution is 0.478. The van der Waals surface area contributed by atoms with E-state index in [1.165, 1.54) is 6.07 Å². The summed E-state index contributed by atoms with van der Waals surface area (Å²) < 4.78 is 13.7. The summed E-state index contributed by atoms with van der Waals surface area (Å²) in [6.07, 6.45) is 0. The molecule has 1 atom stereocenters. The Bertz CT molecular complexity index is 425. The van der Waals surface area contributed by atoms with E-state index in [1.807, 2.05) is 11.0 Å². The Balaban J connectivity index is 2.23. The van der Waals surface area contributed by atoms with Gasteiger partial charge in [0.2, 0.25) is 0 Å². The summed E-state index contributed by atoms with van der Waals surface area (Å²) in [7, 11) is 0. The highest BCUT2D eigenvalue weighted by molar-refractivity contribution is 5.51. The Labute approximate surface area is 94.5 Å². The molecule has 1 saturated heterocycles. The van der Waals surface area contributed by atoms with E-state index < -0.39 is 0 Å². The van der Waals surface area contributed by atoms with E-state index in [2.05, 4.69) is 12.2 Å². The molecule has 1 aromatic carbocycles. The standard InChI is InChI=1S/C12H14FN3/c1-9-8-16(5-4-15-9)12-3-2-10(7-14)6-11(12)13/h2-3,6,9,15H,4-5,8H2,1H3. The number of nitriles is 1. The van der Waals surface area contributed by atoms with Crippen molar-refractivity contribution in [3.05, 3.63) is 29.6 Å². The van der Waals surface area contributed by atoms with Crippen molar-refractivity contribution in [2.45, 2.75) is 13.0 Å². The molecule has 0 aliphatic carbocycles. The average Bonchev–Trinajstić information content (AvgIpc) is 2.28. The highest BCUT2D eigenvalue weighted by Crippen LogP contribution is 2.21. The number of hydrogen-bond acceptors (Lipinski definition) is 3. The lowest BCUT2D eigenvalue weighted by Gasteiger charge is -2.33. The van der Waals surface area contributed by atoms with Crippen molar-refractivity contribution in [3.63, 3.8) is 0 Å². The van der Waals surface area contributed by atoms with Crippen LogP contribution in [-0.4, -0.2) is 25.7 Å². The van der Waals surface area contributed by atoms with Crippen LogP contribution < -0.4 is 10.2 Å². The predicted octanol–water partition coefficient (Wildman–Crippen LogP) is 1.50. The SMILES string of the molecule is CC1CN(c2ccc(C#N)cc2F)CCN1. The average molecular weight is 219 g/mol. The quantitative estimate of drug-likeness (QED) is 0.778. The fourth-order valence-electron chi connectivity index (χ4n) is 1.98. The van der Waals surface area contributed by atoms with Crippen LogP contribution in [0.5, 0.6) is 0 Å². The maximum atomic E-state index is 13.7. The maximum Gasteiger partial charge on any atom is 0.147 e. The number of piperazine rings is 1. The van der Waals surface area contributed by atoms with E-state index in [-0.39, 0.29) is 5.82 Å². The van der Waals surface area contributed by atoms with E-state index in [9.17, 15) is 4.39 Å². The van der Waals surface area contributed by atoms with Gasteiger partial charge in [0.15, 0.2) is 0 Å². The smallest absolute Gasteiger partial charge is 0.147 e. The number of halogens is 1. The molecule has 84 valence electrons. The van der Waals surface area contributed by atoms with Crippen LogP contribution in [0.3, 0.4) is 0 Å². The molecule has 0 bridgehead atoms. The molecular formula is C12H14FN3. The largest absolute Gasteiger partial charge is 0.366 e. The van der Waals surface area contributed by atoms with Gasteiger partial charge in [-0.1, -0.05) is 0 Å². The summed E-state index contributed by atoms with van der Waals surface area (Å²) in [4.78, 5) is 2.01. The molecule has 1 N–H and O–H groups in total. The van der Waals surface area contributed by atoms with Crippen molar-refractivity contribution < 1.29 is 4.39 Å². The monoisotopic (exact) mass is 219 g/mol. The van der Waals surface area contributed by atoms with Gasteiger partial charge in [0, 0.05) is 25.7 Å². The van der Waals surface area contributed by atoms with Crippen molar-refractivity contribution in [1.82, 2.24) is 5.32 Å². The second kappa shape index (κ2) is 4.50. The fraction of sp³-hybridized carbons (Fsp3) is 0.417. The third-order valence-electron chi connectivity index (χ3n) is 2.79. The molecule has 4 heteroatoms. The summed E-state index contributed by atoms with van der Waals surface area (Å²) in [6.45, 7) is 4.53. The van der Waals surface area contributed by atoms with Crippen LogP contribution >= 0.6 is 0 Å². The number of rotatable bonds is 1. The van der Waals surface area contributed by atoms with Gasteiger partial charge in [0.05, 0.1) is 17.3 Å². The van der Waals surface area contributed by atoms with Gasteiger partial charge in [-0.15, -0.1) is 0 Å². The van der Waals surface area contributed by atoms with Gasteiger partial charge < -0.3 is 10.2 Å². The Morgan fingerprint density at radius 2 is 2.38 bits per heavy atom. The first-order chi connectivity index (χ1) is 7.70. The molecule has 1 aliphatic heterocycles. The van der Waals surface area contributed by atoms with Gasteiger partial charge in [-0.2, -0.15) is 5.26 Å². The first kappa shape index (κ1) is 10.9. The zero-order valence-electron chi connectivity index (χ0n) is 9.20. The van der Waals surface area contributed by atoms with Crippen LogP contribution in [0.4, 0.5) is 10.1 Å². The summed E-state index contributed by atoms with van der Waals surface area (Å²) >= 11 is 0. The summed E-state index contributed by atoms with van der Waals surface area (Å²) in [5.74, 6) is -0.312. The van der Waals surface area contributed by atoms with Crippen LogP contribution in [0.2, 0.25) is 0 Å². The molecule has 0 amide bonds. The van der Waals surface area contributed by atoms with Crippen LogP contribution in [-0.2, 0) is 0 Å². The fourth-order valence-corrected chi connectivity index (χ4v) is 1.98. The van der Waals surface area contributed by atoms with Crippen LogP contribution in [0, 0.1) is 17.1 Å². The summed E-state index contributed by atoms with van der Waals surface area (Å²) in [5.41, 5.74) is 0.955. The molecule has 2 rings (SSSR count). The summed E-state index contributed by atoms with van der Waals surface area (Å²) in [6, 6.07) is 6.94. The van der Waals surface area contributed by atoms with E-state index in [1.54, 1.807) is 12.1 Å². The Morgan fingerprint density at radius 3 is 3.00 bits per heavy atom. The highest BCUT2D eigenvalue weighted by Gasteiger charge is 2.18. The minimum absolute atomic E-state index is 0.312. The number of hydrogen-bond donors (Lipinski definition) is 1. The topological polar surface area (TPSA) is 39.1 Å². The molecule has 16 heavy (non-hydrogen) atoms. The van der Waals surface area contributed by atoms with Crippen molar-refractivity contribution in [3.8, 4) is 6.07 Å². The minimum Gasteiger partial charge on any atom is -0.366 e.